The molecule has 1 atom stereocenters. The number of rotatable bonds is 3. The summed E-state index contributed by atoms with van der Waals surface area (Å²) in [5.74, 6) is -1.16. The van der Waals surface area contributed by atoms with Crippen LogP contribution < -0.4 is 5.32 Å². The Balaban J connectivity index is 2.05. The molecule has 2 heterocycles. The molecular formula is C14H20N4O3. The standard InChI is InChI=1S/C14H20N4O3/c1-17-8-4-5-10(9-17)18(2)14(21)16-11-6-3-7-15-12(11)13(19)20/h3,6-7,10H,4-5,8-9H2,1-2H3,(H,16,21)(H,19,20). The van der Waals surface area contributed by atoms with Crippen molar-refractivity contribution >= 4 is 17.7 Å². The third-order valence-corrected chi connectivity index (χ3v) is 3.72. The molecule has 1 saturated heterocycles. The minimum atomic E-state index is -1.16. The molecule has 7 heteroatoms. The average molecular weight is 292 g/mol. The smallest absolute Gasteiger partial charge is 0.356 e. The number of anilines is 1. The SMILES string of the molecule is CN1CCCC(N(C)C(=O)Nc2cccnc2C(=O)O)C1. The van der Waals surface area contributed by atoms with Crippen LogP contribution >= 0.6 is 0 Å². The van der Waals surface area contributed by atoms with Crippen LogP contribution in [-0.2, 0) is 0 Å². The molecule has 2 rings (SSSR count). The molecule has 1 aliphatic rings. The zero-order valence-electron chi connectivity index (χ0n) is 12.2. The van der Waals surface area contributed by atoms with Crippen LogP contribution in [0.2, 0.25) is 0 Å². The molecule has 2 amide bonds. The Morgan fingerprint density at radius 3 is 2.95 bits per heavy atom. The molecule has 0 spiro atoms. The third-order valence-electron chi connectivity index (χ3n) is 3.72. The van der Waals surface area contributed by atoms with Crippen LogP contribution in [0, 0.1) is 0 Å². The van der Waals surface area contributed by atoms with Gasteiger partial charge in [-0.3, -0.25) is 0 Å². The molecule has 1 aliphatic heterocycles. The Morgan fingerprint density at radius 2 is 2.29 bits per heavy atom. The second-order valence-electron chi connectivity index (χ2n) is 5.30. The molecule has 114 valence electrons. The first-order valence-electron chi connectivity index (χ1n) is 6.89. The number of carbonyl (C=O) groups excluding carboxylic acids is 1. The van der Waals surface area contributed by atoms with Gasteiger partial charge in [0.25, 0.3) is 0 Å². The van der Waals surface area contributed by atoms with Crippen molar-refractivity contribution in [2.45, 2.75) is 18.9 Å². The van der Waals surface area contributed by atoms with Crippen molar-refractivity contribution in [3.63, 3.8) is 0 Å². The molecule has 21 heavy (non-hydrogen) atoms. The summed E-state index contributed by atoms with van der Waals surface area (Å²) >= 11 is 0. The van der Waals surface area contributed by atoms with Crippen LogP contribution in [0.5, 0.6) is 0 Å². The van der Waals surface area contributed by atoms with E-state index in [9.17, 15) is 9.59 Å². The number of carbonyl (C=O) groups is 2. The number of likely N-dealkylation sites (N-methyl/N-ethyl adjacent to an activating group) is 2. The van der Waals surface area contributed by atoms with Gasteiger partial charge in [0, 0.05) is 25.8 Å². The number of pyridine rings is 1. The quantitative estimate of drug-likeness (QED) is 0.878. The molecular weight excluding hydrogens is 272 g/mol. The fraction of sp³-hybridized carbons (Fsp3) is 0.500. The Hall–Kier alpha value is -2.15. The van der Waals surface area contributed by atoms with E-state index in [2.05, 4.69) is 15.2 Å². The molecule has 0 bridgehead atoms. The van der Waals surface area contributed by atoms with Crippen molar-refractivity contribution in [3.05, 3.63) is 24.0 Å². The molecule has 0 aromatic carbocycles. The van der Waals surface area contributed by atoms with Gasteiger partial charge in [0.2, 0.25) is 0 Å². The van der Waals surface area contributed by atoms with Gasteiger partial charge >= 0.3 is 12.0 Å². The number of hydrogen-bond acceptors (Lipinski definition) is 4. The lowest BCUT2D eigenvalue weighted by Gasteiger charge is -2.35. The number of hydrogen-bond donors (Lipinski definition) is 2. The highest BCUT2D eigenvalue weighted by molar-refractivity contribution is 5.98. The second kappa shape index (κ2) is 6.53. The lowest BCUT2D eigenvalue weighted by atomic mass is 10.1. The molecule has 1 aromatic heterocycles. The summed E-state index contributed by atoms with van der Waals surface area (Å²) in [6.07, 6.45) is 3.39. The molecule has 2 N–H and O–H groups in total. The largest absolute Gasteiger partial charge is 0.476 e. The van der Waals surface area contributed by atoms with Crippen molar-refractivity contribution in [2.75, 3.05) is 32.5 Å². The topological polar surface area (TPSA) is 85.8 Å². The van der Waals surface area contributed by atoms with Crippen molar-refractivity contribution in [3.8, 4) is 0 Å². The Kier molecular flexibility index (Phi) is 4.74. The van der Waals surface area contributed by atoms with Gasteiger partial charge in [-0.15, -0.1) is 0 Å². The summed E-state index contributed by atoms with van der Waals surface area (Å²) in [6.45, 7) is 1.86. The van der Waals surface area contributed by atoms with E-state index in [1.165, 1.54) is 12.3 Å². The predicted octanol–water partition coefficient (Wildman–Crippen LogP) is 1.34. The van der Waals surface area contributed by atoms with Gasteiger partial charge in [-0.05, 0) is 38.6 Å². The summed E-state index contributed by atoms with van der Waals surface area (Å²) in [7, 11) is 3.76. The number of piperidine rings is 1. The van der Waals surface area contributed by atoms with E-state index in [1.54, 1.807) is 18.0 Å². The van der Waals surface area contributed by atoms with E-state index >= 15 is 0 Å². The summed E-state index contributed by atoms with van der Waals surface area (Å²) in [6, 6.07) is 2.95. The first kappa shape index (κ1) is 15.2. The van der Waals surface area contributed by atoms with E-state index < -0.39 is 5.97 Å². The van der Waals surface area contributed by atoms with E-state index in [-0.39, 0.29) is 23.5 Å². The number of urea groups is 1. The maximum absolute atomic E-state index is 12.3. The lowest BCUT2D eigenvalue weighted by Crippen LogP contribution is -2.48. The van der Waals surface area contributed by atoms with E-state index in [1.807, 2.05) is 7.05 Å². The van der Waals surface area contributed by atoms with Gasteiger partial charge in [0.1, 0.15) is 0 Å². The first-order chi connectivity index (χ1) is 9.99. The number of aromatic nitrogens is 1. The maximum atomic E-state index is 12.3. The van der Waals surface area contributed by atoms with Gasteiger partial charge in [-0.1, -0.05) is 0 Å². The number of carboxylic acid groups (broad SMARTS) is 1. The van der Waals surface area contributed by atoms with Crippen LogP contribution in [0.4, 0.5) is 10.5 Å². The number of nitrogens with one attached hydrogen (secondary N) is 1. The summed E-state index contributed by atoms with van der Waals surface area (Å²) in [5, 5.41) is 11.7. The van der Waals surface area contributed by atoms with Crippen molar-refractivity contribution in [1.29, 1.82) is 0 Å². The van der Waals surface area contributed by atoms with Gasteiger partial charge in [0.05, 0.1) is 5.69 Å². The molecule has 1 aromatic rings. The van der Waals surface area contributed by atoms with Crippen molar-refractivity contribution in [2.24, 2.45) is 0 Å². The number of likely N-dealkylation sites (tertiary alicyclic amines) is 1. The van der Waals surface area contributed by atoms with Crippen LogP contribution in [0.3, 0.4) is 0 Å². The van der Waals surface area contributed by atoms with Gasteiger partial charge < -0.3 is 20.2 Å². The molecule has 1 fully saturated rings. The average Bonchev–Trinajstić information content (AvgIpc) is 2.46. The van der Waals surface area contributed by atoms with Gasteiger partial charge in [0.15, 0.2) is 5.69 Å². The Bertz CT molecular complexity index is 535. The number of amides is 2. The number of aromatic carboxylic acids is 1. The number of nitrogens with zero attached hydrogens (tertiary/aromatic N) is 3. The van der Waals surface area contributed by atoms with E-state index in [0.717, 1.165) is 25.9 Å². The zero-order chi connectivity index (χ0) is 15.4. The van der Waals surface area contributed by atoms with Crippen molar-refractivity contribution < 1.29 is 14.7 Å². The highest BCUT2D eigenvalue weighted by Crippen LogP contribution is 2.16. The van der Waals surface area contributed by atoms with Crippen LogP contribution in [0.25, 0.3) is 0 Å². The molecule has 1 unspecified atom stereocenters. The highest BCUT2D eigenvalue weighted by atomic mass is 16.4. The third kappa shape index (κ3) is 3.69. The predicted molar refractivity (Wildman–Crippen MR) is 78.5 cm³/mol. The molecule has 0 aliphatic carbocycles. The lowest BCUT2D eigenvalue weighted by molar-refractivity contribution is 0.0691. The highest BCUT2D eigenvalue weighted by Gasteiger charge is 2.25. The van der Waals surface area contributed by atoms with Crippen molar-refractivity contribution in [1.82, 2.24) is 14.8 Å². The van der Waals surface area contributed by atoms with Crippen LogP contribution in [0.1, 0.15) is 23.3 Å². The maximum Gasteiger partial charge on any atom is 0.356 e. The van der Waals surface area contributed by atoms with E-state index in [4.69, 9.17) is 5.11 Å². The van der Waals surface area contributed by atoms with Crippen LogP contribution in [-0.4, -0.2) is 65.1 Å². The van der Waals surface area contributed by atoms with Gasteiger partial charge in [-0.25, -0.2) is 14.6 Å². The molecule has 0 saturated carbocycles. The minimum Gasteiger partial charge on any atom is -0.476 e. The fourth-order valence-electron chi connectivity index (χ4n) is 2.50. The Morgan fingerprint density at radius 1 is 1.52 bits per heavy atom. The van der Waals surface area contributed by atoms with Gasteiger partial charge in [-0.2, -0.15) is 0 Å². The molecule has 0 radical (unpaired) electrons. The fourth-order valence-corrected chi connectivity index (χ4v) is 2.50. The summed E-state index contributed by atoms with van der Waals surface area (Å²) < 4.78 is 0. The molecule has 7 nitrogen and oxygen atoms in total. The minimum absolute atomic E-state index is 0.133. The normalized spacial score (nSPS) is 19.0. The first-order valence-corrected chi connectivity index (χ1v) is 6.89. The van der Waals surface area contributed by atoms with Crippen LogP contribution in [0.15, 0.2) is 18.3 Å². The summed E-state index contributed by atoms with van der Waals surface area (Å²) in [4.78, 5) is 30.9. The second-order valence-corrected chi connectivity index (χ2v) is 5.30. The zero-order valence-corrected chi connectivity index (χ0v) is 12.2. The van der Waals surface area contributed by atoms with E-state index in [0.29, 0.717) is 0 Å². The monoisotopic (exact) mass is 292 g/mol. The summed E-state index contributed by atoms with van der Waals surface area (Å²) in [5.41, 5.74) is 0.0611. The number of carboxylic acids is 1. The Labute approximate surface area is 123 Å².